The molecule has 0 radical (unpaired) electrons. The Bertz CT molecular complexity index is 904. The highest BCUT2D eigenvalue weighted by Gasteiger charge is 2.30. The second kappa shape index (κ2) is 8.85. The van der Waals surface area contributed by atoms with E-state index in [4.69, 9.17) is 0 Å². The van der Waals surface area contributed by atoms with Crippen molar-refractivity contribution in [1.29, 1.82) is 0 Å². The Morgan fingerprint density at radius 3 is 2.07 bits per heavy atom. The molecule has 0 spiro atoms. The van der Waals surface area contributed by atoms with Gasteiger partial charge in [-0.15, -0.1) is 0 Å². The minimum absolute atomic E-state index is 0.00759. The molecule has 4 nitrogen and oxygen atoms in total. The molecule has 1 saturated heterocycles. The number of benzene rings is 2. The third-order valence-corrected chi connectivity index (χ3v) is 5.31. The lowest BCUT2D eigenvalue weighted by molar-refractivity contribution is -0.137. The zero-order valence-electron chi connectivity index (χ0n) is 16.5. The summed E-state index contributed by atoms with van der Waals surface area (Å²) in [4.78, 5) is 28.2. The van der Waals surface area contributed by atoms with E-state index in [-0.39, 0.29) is 23.8 Å². The number of piperazine rings is 1. The average Bonchev–Trinajstić information content (AvgIpc) is 2.73. The molecule has 1 heterocycles. The van der Waals surface area contributed by atoms with Crippen LogP contribution in [0.5, 0.6) is 0 Å². The van der Waals surface area contributed by atoms with Crippen LogP contribution in [0, 0.1) is 5.82 Å². The highest BCUT2D eigenvalue weighted by Crippen LogP contribution is 2.30. The summed E-state index contributed by atoms with van der Waals surface area (Å²) in [6, 6.07) is 10.6. The zero-order valence-corrected chi connectivity index (χ0v) is 16.5. The van der Waals surface area contributed by atoms with Gasteiger partial charge in [-0.3, -0.25) is 9.59 Å². The van der Waals surface area contributed by atoms with Crippen molar-refractivity contribution < 1.29 is 27.2 Å². The number of nitrogens with zero attached hydrogens (tertiary/aromatic N) is 2. The molecule has 0 aromatic heterocycles. The smallest absolute Gasteiger partial charge is 0.339 e. The largest absolute Gasteiger partial charge is 0.416 e. The van der Waals surface area contributed by atoms with E-state index < -0.39 is 23.5 Å². The van der Waals surface area contributed by atoms with Crippen LogP contribution in [0.3, 0.4) is 0 Å². The number of amides is 2. The van der Waals surface area contributed by atoms with E-state index in [1.165, 1.54) is 35.2 Å². The monoisotopic (exact) mass is 422 g/mol. The van der Waals surface area contributed by atoms with Gasteiger partial charge in [0.05, 0.1) is 11.1 Å². The number of carbonyl (C=O) groups excluding carboxylic acids is 2. The summed E-state index contributed by atoms with van der Waals surface area (Å²) in [6.07, 6.45) is -4.23. The van der Waals surface area contributed by atoms with Crippen molar-refractivity contribution >= 4 is 11.8 Å². The van der Waals surface area contributed by atoms with Crippen LogP contribution < -0.4 is 0 Å². The summed E-state index contributed by atoms with van der Waals surface area (Å²) in [5.41, 5.74) is -0.0571. The fourth-order valence-corrected chi connectivity index (χ4v) is 3.47. The van der Waals surface area contributed by atoms with Gasteiger partial charge in [0.1, 0.15) is 5.82 Å². The Morgan fingerprint density at radius 1 is 0.933 bits per heavy atom. The molecule has 1 unspecified atom stereocenters. The minimum atomic E-state index is -4.39. The predicted molar refractivity (Wildman–Crippen MR) is 103 cm³/mol. The van der Waals surface area contributed by atoms with Gasteiger partial charge in [0.15, 0.2) is 0 Å². The molecule has 2 aromatic rings. The van der Waals surface area contributed by atoms with Crippen LogP contribution in [-0.4, -0.2) is 47.8 Å². The van der Waals surface area contributed by atoms with E-state index in [0.717, 1.165) is 12.1 Å². The normalized spacial score (nSPS) is 15.8. The van der Waals surface area contributed by atoms with Gasteiger partial charge in [-0.2, -0.15) is 13.2 Å². The van der Waals surface area contributed by atoms with Gasteiger partial charge in [-0.05, 0) is 35.7 Å². The summed E-state index contributed by atoms with van der Waals surface area (Å²) < 4.78 is 51.9. The highest BCUT2D eigenvalue weighted by molar-refractivity contribution is 5.94. The van der Waals surface area contributed by atoms with E-state index >= 15 is 0 Å². The summed E-state index contributed by atoms with van der Waals surface area (Å²) in [7, 11) is 0. The fraction of sp³-hybridized carbons (Fsp3) is 0.364. The van der Waals surface area contributed by atoms with Crippen molar-refractivity contribution in [3.8, 4) is 0 Å². The van der Waals surface area contributed by atoms with Gasteiger partial charge >= 0.3 is 6.18 Å². The molecule has 2 aromatic carbocycles. The standard InChI is InChI=1S/C22H22F4N2O2/c1-15(16-6-8-17(9-7-16)22(24,25)26)14-20(29)27-10-12-28(13-11-27)21(30)18-4-2-3-5-19(18)23/h2-9,15H,10-14H2,1H3. The molecular formula is C22H22F4N2O2. The van der Waals surface area contributed by atoms with Crippen LogP contribution in [0.4, 0.5) is 17.6 Å². The topological polar surface area (TPSA) is 40.6 Å². The van der Waals surface area contributed by atoms with Crippen molar-refractivity contribution in [2.45, 2.75) is 25.4 Å². The van der Waals surface area contributed by atoms with Gasteiger partial charge in [-0.25, -0.2) is 4.39 Å². The lowest BCUT2D eigenvalue weighted by Gasteiger charge is -2.35. The molecule has 1 aliphatic heterocycles. The zero-order chi connectivity index (χ0) is 21.9. The molecule has 1 fully saturated rings. The van der Waals surface area contributed by atoms with Crippen LogP contribution in [-0.2, 0) is 11.0 Å². The molecule has 2 amide bonds. The number of rotatable bonds is 4. The Kier molecular flexibility index (Phi) is 6.43. The van der Waals surface area contributed by atoms with Crippen LogP contribution >= 0.6 is 0 Å². The quantitative estimate of drug-likeness (QED) is 0.689. The second-order valence-corrected chi connectivity index (χ2v) is 7.38. The molecular weight excluding hydrogens is 400 g/mol. The van der Waals surface area contributed by atoms with Crippen LogP contribution in [0.15, 0.2) is 48.5 Å². The molecule has 0 bridgehead atoms. The minimum Gasteiger partial charge on any atom is -0.339 e. The second-order valence-electron chi connectivity index (χ2n) is 7.38. The fourth-order valence-electron chi connectivity index (χ4n) is 3.47. The lowest BCUT2D eigenvalue weighted by atomic mass is 9.96. The maximum Gasteiger partial charge on any atom is 0.416 e. The van der Waals surface area contributed by atoms with E-state index in [2.05, 4.69) is 0 Å². The molecule has 0 aliphatic carbocycles. The SMILES string of the molecule is CC(CC(=O)N1CCN(C(=O)c2ccccc2F)CC1)c1ccc(C(F)(F)F)cc1. The van der Waals surface area contributed by atoms with Crippen LogP contribution in [0.25, 0.3) is 0 Å². The van der Waals surface area contributed by atoms with Crippen LogP contribution in [0.2, 0.25) is 0 Å². The number of alkyl halides is 3. The van der Waals surface area contributed by atoms with E-state index in [1.807, 2.05) is 0 Å². The molecule has 160 valence electrons. The Labute approximate surface area is 172 Å². The Morgan fingerprint density at radius 2 is 1.50 bits per heavy atom. The first-order valence-electron chi connectivity index (χ1n) is 9.65. The summed E-state index contributed by atoms with van der Waals surface area (Å²) >= 11 is 0. The van der Waals surface area contributed by atoms with E-state index in [0.29, 0.717) is 31.7 Å². The Hall–Kier alpha value is -2.90. The predicted octanol–water partition coefficient (Wildman–Crippen LogP) is 4.32. The van der Waals surface area contributed by atoms with Gasteiger partial charge < -0.3 is 9.80 Å². The molecule has 8 heteroatoms. The molecule has 0 N–H and O–H groups in total. The summed E-state index contributed by atoms with van der Waals surface area (Å²) in [6.45, 7) is 3.05. The summed E-state index contributed by atoms with van der Waals surface area (Å²) in [5, 5.41) is 0. The number of hydrogen-bond donors (Lipinski definition) is 0. The number of carbonyl (C=O) groups is 2. The van der Waals surface area contributed by atoms with Crippen molar-refractivity contribution in [1.82, 2.24) is 9.80 Å². The molecule has 3 rings (SSSR count). The van der Waals surface area contributed by atoms with E-state index in [9.17, 15) is 27.2 Å². The van der Waals surface area contributed by atoms with Crippen molar-refractivity contribution in [2.75, 3.05) is 26.2 Å². The Balaban J connectivity index is 1.54. The summed E-state index contributed by atoms with van der Waals surface area (Å²) in [5.74, 6) is -1.34. The van der Waals surface area contributed by atoms with Gasteiger partial charge in [0.2, 0.25) is 5.91 Å². The van der Waals surface area contributed by atoms with Crippen LogP contribution in [0.1, 0.15) is 40.7 Å². The first kappa shape index (κ1) is 21.8. The highest BCUT2D eigenvalue weighted by atomic mass is 19.4. The lowest BCUT2D eigenvalue weighted by Crippen LogP contribution is -2.50. The van der Waals surface area contributed by atoms with Gasteiger partial charge in [0.25, 0.3) is 5.91 Å². The van der Waals surface area contributed by atoms with Gasteiger partial charge in [-0.1, -0.05) is 31.2 Å². The number of halogens is 4. The molecule has 1 aliphatic rings. The van der Waals surface area contributed by atoms with Crippen molar-refractivity contribution in [3.05, 3.63) is 71.0 Å². The maximum absolute atomic E-state index is 13.8. The van der Waals surface area contributed by atoms with Crippen molar-refractivity contribution in [3.63, 3.8) is 0 Å². The molecule has 30 heavy (non-hydrogen) atoms. The third-order valence-electron chi connectivity index (χ3n) is 5.31. The third kappa shape index (κ3) is 4.98. The van der Waals surface area contributed by atoms with Gasteiger partial charge in [0, 0.05) is 32.6 Å². The maximum atomic E-state index is 13.8. The van der Waals surface area contributed by atoms with Crippen molar-refractivity contribution in [2.24, 2.45) is 0 Å². The average molecular weight is 422 g/mol. The first-order chi connectivity index (χ1) is 14.2. The number of hydrogen-bond acceptors (Lipinski definition) is 2. The molecule has 0 saturated carbocycles. The first-order valence-corrected chi connectivity index (χ1v) is 9.65. The van der Waals surface area contributed by atoms with E-state index in [1.54, 1.807) is 17.9 Å². The molecule has 1 atom stereocenters.